The molecule has 1 aromatic carbocycles. The van der Waals surface area contributed by atoms with Crippen molar-refractivity contribution in [3.63, 3.8) is 0 Å². The highest BCUT2D eigenvalue weighted by molar-refractivity contribution is 5.94. The highest BCUT2D eigenvalue weighted by atomic mass is 19.4. The van der Waals surface area contributed by atoms with Crippen LogP contribution in [0, 0.1) is 16.9 Å². The lowest BCUT2D eigenvalue weighted by Crippen LogP contribution is -2.61. The van der Waals surface area contributed by atoms with Gasteiger partial charge in [0.1, 0.15) is 24.1 Å². The Morgan fingerprint density at radius 3 is 2.22 bits per heavy atom. The number of guanidine groups is 1. The van der Waals surface area contributed by atoms with E-state index < -0.39 is 54.7 Å². The highest BCUT2D eigenvalue weighted by Gasteiger charge is 2.48. The standard InChI is InChI=1S/C39H56N8O10.C2HF3O2/c1-46(23-39(24-48)15-6-7-16-39)31(50)9-5-3-2-4-8-18-42-38(43-25-41)44-27-13-19-47(20-14-27)22-26-10-11-29(28(21-26)45-30(49)12-17-40)56-37-34(53)32(51)33(52)35(57-37)36(54)55;3-2(4,5)1(6)7/h10-11,13-14,19-21,32-35,37,48,51-53H,2-9,12,15-18,22-24,40H2,1H3,(H3,42,43,45,49,54,55);(H,6,7)/p+1/t32-,33-,34+,35-,37+;/m0./s1. The predicted octanol–water partition coefficient (Wildman–Crippen LogP) is 1.40. The fourth-order valence-corrected chi connectivity index (χ4v) is 7.03. The summed E-state index contributed by atoms with van der Waals surface area (Å²) in [5.41, 5.74) is 6.99. The van der Waals surface area contributed by atoms with Crippen molar-refractivity contribution in [2.75, 3.05) is 43.9 Å². The largest absolute Gasteiger partial charge is 0.490 e. The molecule has 2 fully saturated rings. The molecule has 2 aliphatic rings. The third kappa shape index (κ3) is 16.8. The van der Waals surface area contributed by atoms with Crippen molar-refractivity contribution < 1.29 is 77.0 Å². The van der Waals surface area contributed by atoms with Crippen LogP contribution < -0.4 is 31.0 Å². The van der Waals surface area contributed by atoms with Crippen LogP contribution in [-0.2, 0) is 30.5 Å². The number of aromatic nitrogens is 1. The predicted molar refractivity (Wildman–Crippen MR) is 221 cm³/mol. The molecule has 2 aromatic rings. The summed E-state index contributed by atoms with van der Waals surface area (Å²) < 4.78 is 44.6. The van der Waals surface area contributed by atoms with Gasteiger partial charge in [-0.1, -0.05) is 32.1 Å². The first kappa shape index (κ1) is 52.7. The van der Waals surface area contributed by atoms with Crippen LogP contribution in [0.15, 0.2) is 47.7 Å². The Hall–Kier alpha value is -5.64. The SMILES string of the molecule is CN(CC1(CO)CCCC1)C(=O)CCCCCCCN=C(NC#N)Nc1cc[n+](Cc2ccc(O[C@@H]3O[C@H](C(=O)O)[C@@H](O)[C@H](O)[C@H]3O)c(NC(=O)CCN)c2)cc1.O=C(O)C(F)(F)F. The van der Waals surface area contributed by atoms with E-state index >= 15 is 0 Å². The van der Waals surface area contributed by atoms with Crippen LogP contribution in [0.4, 0.5) is 24.5 Å². The van der Waals surface area contributed by atoms with Crippen LogP contribution in [0.25, 0.3) is 0 Å². The van der Waals surface area contributed by atoms with Gasteiger partial charge in [-0.05, 0) is 43.9 Å². The van der Waals surface area contributed by atoms with E-state index in [1.165, 1.54) is 6.07 Å². The summed E-state index contributed by atoms with van der Waals surface area (Å²) in [6.45, 7) is 1.69. The van der Waals surface area contributed by atoms with Crippen molar-refractivity contribution in [1.82, 2.24) is 10.2 Å². The molecular formula is C41H58F3N8O12+. The normalized spacial score (nSPS) is 20.5. The second-order valence-electron chi connectivity index (χ2n) is 15.6. The Labute approximate surface area is 367 Å². The van der Waals surface area contributed by atoms with E-state index in [0.717, 1.165) is 63.4 Å². The number of pyridine rings is 1. The molecule has 2 amide bonds. The van der Waals surface area contributed by atoms with Crippen LogP contribution >= 0.6 is 0 Å². The third-order valence-electron chi connectivity index (χ3n) is 10.5. The Balaban J connectivity index is 0.00000143. The second kappa shape index (κ2) is 25.6. The average molecular weight is 912 g/mol. The zero-order chi connectivity index (χ0) is 47.5. The summed E-state index contributed by atoms with van der Waals surface area (Å²) in [5, 5.41) is 74.6. The Morgan fingerprint density at radius 1 is 0.984 bits per heavy atom. The summed E-state index contributed by atoms with van der Waals surface area (Å²) in [6.07, 6.45) is 0.503. The number of carbonyl (C=O) groups is 4. The number of nitrogens with one attached hydrogen (secondary N) is 3. The van der Waals surface area contributed by atoms with Crippen molar-refractivity contribution in [2.24, 2.45) is 16.1 Å². The smallest absolute Gasteiger partial charge is 0.479 e. The van der Waals surface area contributed by atoms with Gasteiger partial charge in [-0.15, -0.1) is 0 Å². The number of unbranched alkanes of at least 4 members (excludes halogenated alkanes) is 4. The number of carboxylic acid groups (broad SMARTS) is 2. The zero-order valence-corrected chi connectivity index (χ0v) is 35.4. The molecule has 0 radical (unpaired) electrons. The first-order valence-electron chi connectivity index (χ1n) is 20.7. The van der Waals surface area contributed by atoms with Crippen molar-refractivity contribution >= 4 is 41.1 Å². The molecule has 5 atom stereocenters. The van der Waals surface area contributed by atoms with E-state index in [4.69, 9.17) is 25.1 Å². The molecule has 0 spiro atoms. The Bertz CT molecular complexity index is 1910. The Kier molecular flexibility index (Phi) is 21.1. The molecule has 0 unspecified atom stereocenters. The first-order chi connectivity index (χ1) is 30.3. The molecule has 64 heavy (non-hydrogen) atoms. The molecule has 4 rings (SSSR count). The molecule has 2 heterocycles. The van der Waals surface area contributed by atoms with Gasteiger partial charge in [0.15, 0.2) is 31.2 Å². The van der Waals surface area contributed by atoms with Crippen LogP contribution in [0.2, 0.25) is 0 Å². The second-order valence-corrected chi connectivity index (χ2v) is 15.6. The van der Waals surface area contributed by atoms with E-state index in [2.05, 4.69) is 20.9 Å². The van der Waals surface area contributed by atoms with Crippen molar-refractivity contribution in [3.8, 4) is 11.9 Å². The zero-order valence-electron chi connectivity index (χ0n) is 35.4. The van der Waals surface area contributed by atoms with Gasteiger partial charge >= 0.3 is 18.1 Å². The maximum Gasteiger partial charge on any atom is 0.490 e. The van der Waals surface area contributed by atoms with Crippen LogP contribution in [0.1, 0.15) is 76.2 Å². The number of nitriles is 1. The molecule has 20 nitrogen and oxygen atoms in total. The maximum absolute atomic E-state index is 12.6. The van der Waals surface area contributed by atoms with Gasteiger partial charge in [-0.3, -0.25) is 19.9 Å². The number of alkyl halides is 3. The molecule has 0 bridgehead atoms. The van der Waals surface area contributed by atoms with Gasteiger partial charge in [0.25, 0.3) is 0 Å². The molecule has 354 valence electrons. The molecule has 1 aliphatic heterocycles. The molecular weight excluding hydrogens is 853 g/mol. The van der Waals surface area contributed by atoms with E-state index in [-0.39, 0.29) is 42.3 Å². The number of carboxylic acids is 2. The monoisotopic (exact) mass is 911 g/mol. The minimum absolute atomic E-state index is 0.00288. The van der Waals surface area contributed by atoms with E-state index in [1.54, 1.807) is 41.6 Å². The number of rotatable bonds is 20. The number of aliphatic carboxylic acids is 2. The number of aliphatic hydroxyl groups excluding tert-OH is 4. The third-order valence-corrected chi connectivity index (χ3v) is 10.5. The fourth-order valence-electron chi connectivity index (χ4n) is 7.03. The number of benzene rings is 1. The lowest BCUT2D eigenvalue weighted by atomic mass is 9.86. The topological polar surface area (TPSA) is 313 Å². The van der Waals surface area contributed by atoms with Gasteiger partial charge in [0.2, 0.25) is 24.1 Å². The number of anilines is 2. The maximum atomic E-state index is 12.6. The summed E-state index contributed by atoms with van der Waals surface area (Å²) in [5.74, 6) is -4.28. The van der Waals surface area contributed by atoms with Crippen LogP contribution in [0.5, 0.6) is 5.75 Å². The summed E-state index contributed by atoms with van der Waals surface area (Å²) in [7, 11) is 1.83. The molecule has 1 aromatic heterocycles. The highest BCUT2D eigenvalue weighted by Crippen LogP contribution is 2.38. The molecule has 23 heteroatoms. The lowest BCUT2D eigenvalue weighted by molar-refractivity contribution is -0.688. The Morgan fingerprint density at radius 2 is 1.62 bits per heavy atom. The lowest BCUT2D eigenvalue weighted by Gasteiger charge is -2.38. The number of hydrogen-bond acceptors (Lipinski definition) is 13. The molecule has 1 aliphatic carbocycles. The number of nitrogens with zero attached hydrogens (tertiary/aromatic N) is 4. The van der Waals surface area contributed by atoms with Crippen molar-refractivity contribution in [1.29, 1.82) is 5.26 Å². The van der Waals surface area contributed by atoms with Gasteiger partial charge in [-0.25, -0.2) is 14.2 Å². The number of ether oxygens (including phenoxy) is 2. The first-order valence-corrected chi connectivity index (χ1v) is 20.7. The van der Waals surface area contributed by atoms with Crippen molar-refractivity contribution in [2.45, 2.75) is 114 Å². The van der Waals surface area contributed by atoms with Gasteiger partial charge in [0.05, 0.1) is 18.0 Å². The average Bonchev–Trinajstić information content (AvgIpc) is 3.72. The van der Waals surface area contributed by atoms with E-state index in [1.807, 2.05) is 17.8 Å². The molecule has 1 saturated carbocycles. The minimum atomic E-state index is -5.08. The minimum Gasteiger partial charge on any atom is -0.479 e. The molecule has 1 saturated heterocycles. The summed E-state index contributed by atoms with van der Waals surface area (Å²) in [4.78, 5) is 51.8. The number of carbonyl (C=O) groups excluding carboxylic acids is 2. The number of hydrogen-bond donors (Lipinski definition) is 10. The van der Waals surface area contributed by atoms with Gasteiger partial charge in [0, 0.05) is 62.6 Å². The number of aliphatic hydroxyl groups is 4. The number of halogens is 3. The number of nitrogens with two attached hydrogens (primary N) is 1. The summed E-state index contributed by atoms with van der Waals surface area (Å²) >= 11 is 0. The van der Waals surface area contributed by atoms with E-state index in [9.17, 15) is 58.3 Å². The fraction of sp³-hybridized carbons (Fsp3) is 0.585. The number of aliphatic imine (C=N–C) groups is 1. The molecule has 11 N–H and O–H groups in total. The quantitative estimate of drug-likeness (QED) is 0.0224. The van der Waals surface area contributed by atoms with Crippen LogP contribution in [-0.4, -0.2) is 135 Å². The van der Waals surface area contributed by atoms with Crippen LogP contribution in [0.3, 0.4) is 0 Å². The van der Waals surface area contributed by atoms with E-state index in [0.29, 0.717) is 37.7 Å². The number of amides is 2. The summed E-state index contributed by atoms with van der Waals surface area (Å²) in [6, 6.07) is 8.41. The van der Waals surface area contributed by atoms with Gasteiger partial charge in [-0.2, -0.15) is 18.4 Å². The van der Waals surface area contributed by atoms with Crippen molar-refractivity contribution in [3.05, 3.63) is 48.3 Å². The van der Waals surface area contributed by atoms with Gasteiger partial charge < -0.3 is 61.4 Å².